The van der Waals surface area contributed by atoms with E-state index in [0.29, 0.717) is 11.8 Å². The molecular weight excluding hydrogens is 304 g/mol. The van der Waals surface area contributed by atoms with E-state index in [9.17, 15) is 4.79 Å². The Labute approximate surface area is 140 Å². The zero-order valence-corrected chi connectivity index (χ0v) is 14.3. The number of anilines is 2. The van der Waals surface area contributed by atoms with Crippen LogP contribution in [0.15, 0.2) is 23.3 Å². The van der Waals surface area contributed by atoms with E-state index in [-0.39, 0.29) is 5.56 Å². The van der Waals surface area contributed by atoms with Crippen LogP contribution in [-0.4, -0.2) is 45.9 Å². The van der Waals surface area contributed by atoms with Crippen molar-refractivity contribution in [3.8, 4) is 0 Å². The zero-order chi connectivity index (χ0) is 16.8. The average molecular weight is 326 g/mol. The first-order valence-corrected chi connectivity index (χ1v) is 8.35. The predicted octanol–water partition coefficient (Wildman–Crippen LogP) is 0.760. The molecule has 4 heterocycles. The molecule has 7 heteroatoms. The van der Waals surface area contributed by atoms with E-state index in [1.807, 2.05) is 13.0 Å². The van der Waals surface area contributed by atoms with Gasteiger partial charge in [-0.3, -0.25) is 4.79 Å². The van der Waals surface area contributed by atoms with Gasteiger partial charge in [0.05, 0.1) is 0 Å². The van der Waals surface area contributed by atoms with Gasteiger partial charge < -0.3 is 9.80 Å². The van der Waals surface area contributed by atoms with Crippen molar-refractivity contribution >= 4 is 11.6 Å². The third kappa shape index (κ3) is 2.44. The number of hydrogen-bond donors (Lipinski definition) is 0. The van der Waals surface area contributed by atoms with Gasteiger partial charge in [0.2, 0.25) is 0 Å². The molecule has 0 saturated carbocycles. The summed E-state index contributed by atoms with van der Waals surface area (Å²) in [7, 11) is 1.70. The second kappa shape index (κ2) is 5.58. The van der Waals surface area contributed by atoms with Crippen LogP contribution in [-0.2, 0) is 7.05 Å². The maximum Gasteiger partial charge on any atom is 0.266 e. The van der Waals surface area contributed by atoms with Gasteiger partial charge in [-0.2, -0.15) is 5.10 Å². The molecule has 2 saturated heterocycles. The molecule has 0 radical (unpaired) electrons. The highest BCUT2D eigenvalue weighted by molar-refractivity contribution is 5.50. The summed E-state index contributed by atoms with van der Waals surface area (Å²) in [5, 5.41) is 4.38. The summed E-state index contributed by atoms with van der Waals surface area (Å²) in [5.41, 5.74) is 2.15. The summed E-state index contributed by atoms with van der Waals surface area (Å²) in [4.78, 5) is 25.0. The fourth-order valence-corrected chi connectivity index (χ4v) is 3.86. The molecule has 0 aromatic carbocycles. The fraction of sp³-hybridized carbons (Fsp3) is 0.529. The summed E-state index contributed by atoms with van der Waals surface area (Å²) in [6.45, 7) is 8.13. The Morgan fingerprint density at radius 2 is 1.67 bits per heavy atom. The first-order valence-electron chi connectivity index (χ1n) is 8.35. The van der Waals surface area contributed by atoms with Crippen molar-refractivity contribution in [3.63, 3.8) is 0 Å². The van der Waals surface area contributed by atoms with Crippen molar-refractivity contribution in [2.45, 2.75) is 13.8 Å². The number of aryl methyl sites for hydroxylation is 2. The maximum atomic E-state index is 11.5. The number of nitrogens with zero attached hydrogens (tertiary/aromatic N) is 6. The average Bonchev–Trinajstić information content (AvgIpc) is 3.11. The smallest absolute Gasteiger partial charge is 0.266 e. The Kier molecular flexibility index (Phi) is 3.51. The van der Waals surface area contributed by atoms with Gasteiger partial charge in [-0.05, 0) is 19.9 Å². The summed E-state index contributed by atoms with van der Waals surface area (Å²) in [6.07, 6.45) is 1.66. The Balaban J connectivity index is 1.49. The SMILES string of the molecule is Cc1ncnc(N2CC3CN(c4ccc(=O)n(C)n4)CC3C2)c1C. The van der Waals surface area contributed by atoms with Crippen LogP contribution in [0.4, 0.5) is 11.6 Å². The largest absolute Gasteiger partial charge is 0.356 e. The van der Waals surface area contributed by atoms with E-state index in [2.05, 4.69) is 31.8 Å². The minimum absolute atomic E-state index is 0.0704. The van der Waals surface area contributed by atoms with Gasteiger partial charge in [-0.15, -0.1) is 0 Å². The highest BCUT2D eigenvalue weighted by atomic mass is 16.1. The molecule has 2 aliphatic rings. The van der Waals surface area contributed by atoms with Crippen LogP contribution < -0.4 is 15.4 Å². The Hall–Kier alpha value is -2.44. The minimum Gasteiger partial charge on any atom is -0.356 e. The van der Waals surface area contributed by atoms with Crippen LogP contribution in [0.5, 0.6) is 0 Å². The lowest BCUT2D eigenvalue weighted by molar-refractivity contribution is 0.533. The Morgan fingerprint density at radius 3 is 2.33 bits per heavy atom. The topological polar surface area (TPSA) is 67.2 Å². The van der Waals surface area contributed by atoms with Crippen molar-refractivity contribution < 1.29 is 0 Å². The number of aromatic nitrogens is 4. The van der Waals surface area contributed by atoms with Gasteiger partial charge >= 0.3 is 0 Å². The van der Waals surface area contributed by atoms with Crippen LogP contribution in [0.3, 0.4) is 0 Å². The van der Waals surface area contributed by atoms with Crippen molar-refractivity contribution in [1.29, 1.82) is 0 Å². The maximum absolute atomic E-state index is 11.5. The molecule has 24 heavy (non-hydrogen) atoms. The molecule has 2 aromatic rings. The molecule has 2 aliphatic heterocycles. The second-order valence-corrected chi connectivity index (χ2v) is 6.89. The molecule has 0 aliphatic carbocycles. The lowest BCUT2D eigenvalue weighted by Crippen LogP contribution is -2.31. The molecule has 0 bridgehead atoms. The molecule has 2 atom stereocenters. The zero-order valence-electron chi connectivity index (χ0n) is 14.3. The third-order valence-electron chi connectivity index (χ3n) is 5.37. The number of fused-ring (bicyclic) bond motifs is 1. The molecule has 4 rings (SSSR count). The van der Waals surface area contributed by atoms with Crippen LogP contribution in [0.2, 0.25) is 0 Å². The first kappa shape index (κ1) is 15.1. The number of hydrogen-bond acceptors (Lipinski definition) is 6. The summed E-state index contributed by atoms with van der Waals surface area (Å²) in [6, 6.07) is 3.43. The molecule has 2 unspecified atom stereocenters. The molecule has 126 valence electrons. The summed E-state index contributed by atoms with van der Waals surface area (Å²) in [5.74, 6) is 3.19. The van der Waals surface area contributed by atoms with Gasteiger partial charge in [-0.1, -0.05) is 0 Å². The third-order valence-corrected chi connectivity index (χ3v) is 5.37. The van der Waals surface area contributed by atoms with E-state index < -0.39 is 0 Å². The second-order valence-electron chi connectivity index (χ2n) is 6.89. The summed E-state index contributed by atoms with van der Waals surface area (Å²) < 4.78 is 1.41. The van der Waals surface area contributed by atoms with Crippen molar-refractivity contribution in [3.05, 3.63) is 40.1 Å². The molecule has 0 N–H and O–H groups in total. The van der Waals surface area contributed by atoms with Crippen molar-refractivity contribution in [1.82, 2.24) is 19.7 Å². The van der Waals surface area contributed by atoms with E-state index in [0.717, 1.165) is 43.5 Å². The molecule has 7 nitrogen and oxygen atoms in total. The Morgan fingerprint density at radius 1 is 1.00 bits per heavy atom. The molecule has 0 amide bonds. The van der Waals surface area contributed by atoms with Gasteiger partial charge in [0.15, 0.2) is 0 Å². The van der Waals surface area contributed by atoms with E-state index in [4.69, 9.17) is 0 Å². The highest BCUT2D eigenvalue weighted by Gasteiger charge is 2.41. The lowest BCUT2D eigenvalue weighted by Gasteiger charge is -2.24. The summed E-state index contributed by atoms with van der Waals surface area (Å²) >= 11 is 0. The monoisotopic (exact) mass is 326 g/mol. The fourth-order valence-electron chi connectivity index (χ4n) is 3.86. The van der Waals surface area contributed by atoms with Crippen molar-refractivity contribution in [2.24, 2.45) is 18.9 Å². The lowest BCUT2D eigenvalue weighted by atomic mass is 10.0. The first-order chi connectivity index (χ1) is 11.5. The van der Waals surface area contributed by atoms with Gasteiger partial charge in [0.25, 0.3) is 5.56 Å². The molecular formula is C17H22N6O. The number of rotatable bonds is 2. The quantitative estimate of drug-likeness (QED) is 0.812. The van der Waals surface area contributed by atoms with Crippen LogP contribution in [0, 0.1) is 25.7 Å². The Bertz CT molecular complexity index is 818. The molecule has 0 spiro atoms. The van der Waals surface area contributed by atoms with E-state index in [1.165, 1.54) is 10.2 Å². The minimum atomic E-state index is -0.0704. The normalized spacial score (nSPS) is 23.0. The van der Waals surface area contributed by atoms with Crippen LogP contribution in [0.25, 0.3) is 0 Å². The van der Waals surface area contributed by atoms with Gasteiger partial charge in [-0.25, -0.2) is 14.6 Å². The van der Waals surface area contributed by atoms with Crippen molar-refractivity contribution in [2.75, 3.05) is 36.0 Å². The van der Waals surface area contributed by atoms with Gasteiger partial charge in [0.1, 0.15) is 18.0 Å². The van der Waals surface area contributed by atoms with Gasteiger partial charge in [0, 0.05) is 62.4 Å². The molecule has 2 aromatic heterocycles. The highest BCUT2D eigenvalue weighted by Crippen LogP contribution is 2.35. The predicted molar refractivity (Wildman–Crippen MR) is 92.4 cm³/mol. The van der Waals surface area contributed by atoms with E-state index >= 15 is 0 Å². The van der Waals surface area contributed by atoms with Crippen LogP contribution in [0.1, 0.15) is 11.3 Å². The molecule has 2 fully saturated rings. The van der Waals surface area contributed by atoms with E-state index in [1.54, 1.807) is 19.4 Å². The van der Waals surface area contributed by atoms with Crippen LogP contribution >= 0.6 is 0 Å². The standard InChI is InChI=1S/C17H22N6O/c1-11-12(2)18-10-19-17(11)23-8-13-6-22(7-14(13)9-23)15-4-5-16(24)21(3)20-15/h4-5,10,13-14H,6-9H2,1-3H3.